The van der Waals surface area contributed by atoms with Crippen molar-refractivity contribution < 1.29 is 4.79 Å². The van der Waals surface area contributed by atoms with Gasteiger partial charge in [-0.25, -0.2) is 4.98 Å². The number of aromatic nitrogens is 2. The molecule has 5 heteroatoms. The monoisotopic (exact) mass is 283 g/mol. The molecule has 5 nitrogen and oxygen atoms in total. The number of hydrogen-bond donors (Lipinski definition) is 2. The molecule has 0 saturated carbocycles. The van der Waals surface area contributed by atoms with Crippen molar-refractivity contribution >= 4 is 11.9 Å². The van der Waals surface area contributed by atoms with E-state index in [2.05, 4.69) is 15.3 Å². The van der Waals surface area contributed by atoms with E-state index in [4.69, 9.17) is 0 Å². The molecular weight excluding hydrogens is 266 g/mol. The Balaban J connectivity index is 1.85. The first-order chi connectivity index (χ1) is 10.1. The lowest BCUT2D eigenvalue weighted by Gasteiger charge is -2.14. The van der Waals surface area contributed by atoms with E-state index >= 15 is 0 Å². The van der Waals surface area contributed by atoms with Crippen LogP contribution >= 0.6 is 0 Å². The van der Waals surface area contributed by atoms with E-state index in [1.54, 1.807) is 12.1 Å². The molecule has 2 aromatic rings. The third-order valence-corrected chi connectivity index (χ3v) is 3.74. The van der Waals surface area contributed by atoms with Crippen molar-refractivity contribution in [2.45, 2.75) is 32.6 Å². The van der Waals surface area contributed by atoms with Crippen LogP contribution in [0.15, 0.2) is 29.1 Å². The average Bonchev–Trinajstić information content (AvgIpc) is 2.48. The molecule has 0 radical (unpaired) electrons. The Hall–Kier alpha value is -2.43. The molecule has 2 N–H and O–H groups in total. The lowest BCUT2D eigenvalue weighted by molar-refractivity contribution is 0.102. The van der Waals surface area contributed by atoms with Crippen LogP contribution < -0.4 is 10.9 Å². The van der Waals surface area contributed by atoms with Crippen molar-refractivity contribution in [2.24, 2.45) is 0 Å². The lowest BCUT2D eigenvalue weighted by Crippen LogP contribution is -2.24. The highest BCUT2D eigenvalue weighted by molar-refractivity contribution is 6.03. The van der Waals surface area contributed by atoms with Crippen LogP contribution in [0.3, 0.4) is 0 Å². The first-order valence-electron chi connectivity index (χ1n) is 7.13. The largest absolute Gasteiger partial charge is 0.292 e. The Morgan fingerprint density at radius 3 is 2.67 bits per heavy atom. The van der Waals surface area contributed by atoms with E-state index in [0.29, 0.717) is 5.56 Å². The van der Waals surface area contributed by atoms with E-state index in [9.17, 15) is 9.59 Å². The summed E-state index contributed by atoms with van der Waals surface area (Å²) in [5.41, 5.74) is 3.06. The molecule has 1 aromatic heterocycles. The minimum absolute atomic E-state index is 0.140. The van der Waals surface area contributed by atoms with Crippen molar-refractivity contribution in [3.8, 4) is 0 Å². The second kappa shape index (κ2) is 5.52. The molecule has 1 aromatic carbocycles. The highest BCUT2D eigenvalue weighted by atomic mass is 16.2. The summed E-state index contributed by atoms with van der Waals surface area (Å²) in [5.74, 6) is -0.0415. The first kappa shape index (κ1) is 13.5. The van der Waals surface area contributed by atoms with E-state index in [-0.39, 0.29) is 17.4 Å². The predicted octanol–water partition coefficient (Wildman–Crippen LogP) is 2.21. The zero-order valence-electron chi connectivity index (χ0n) is 11.9. The average molecular weight is 283 g/mol. The van der Waals surface area contributed by atoms with Gasteiger partial charge in [-0.15, -0.1) is 0 Å². The topological polar surface area (TPSA) is 74.8 Å². The van der Waals surface area contributed by atoms with Crippen molar-refractivity contribution in [1.82, 2.24) is 9.97 Å². The fourth-order valence-electron chi connectivity index (χ4n) is 2.55. The third-order valence-electron chi connectivity index (χ3n) is 3.74. The molecule has 0 bridgehead atoms. The summed E-state index contributed by atoms with van der Waals surface area (Å²) in [4.78, 5) is 31.2. The number of hydrogen-bond acceptors (Lipinski definition) is 3. The smallest absolute Gasteiger partial charge is 0.257 e. The van der Waals surface area contributed by atoms with Gasteiger partial charge in [0.15, 0.2) is 0 Å². The van der Waals surface area contributed by atoms with Gasteiger partial charge in [-0.2, -0.15) is 0 Å². The van der Waals surface area contributed by atoms with E-state index in [1.165, 1.54) is 0 Å². The molecule has 0 aliphatic heterocycles. The lowest BCUT2D eigenvalue weighted by atomic mass is 9.97. The van der Waals surface area contributed by atoms with Crippen molar-refractivity contribution in [3.63, 3.8) is 0 Å². The number of anilines is 1. The van der Waals surface area contributed by atoms with Gasteiger partial charge in [-0.05, 0) is 44.7 Å². The SMILES string of the molecule is Cc1ccc(C(=O)Nc2nc3c(c(=O)[nH]2)CCCC3)cc1. The number of nitrogens with zero attached hydrogens (tertiary/aromatic N) is 1. The zero-order valence-corrected chi connectivity index (χ0v) is 11.9. The molecule has 0 atom stereocenters. The van der Waals surface area contributed by atoms with Crippen LogP contribution in [0.4, 0.5) is 5.95 Å². The second-order valence-corrected chi connectivity index (χ2v) is 5.37. The summed E-state index contributed by atoms with van der Waals surface area (Å²) in [5, 5.41) is 2.66. The van der Waals surface area contributed by atoms with Crippen molar-refractivity contribution in [2.75, 3.05) is 5.32 Å². The summed E-state index contributed by atoms with van der Waals surface area (Å²) in [6.07, 6.45) is 3.62. The molecular formula is C16H17N3O2. The van der Waals surface area contributed by atoms with E-state index < -0.39 is 0 Å². The number of H-pyrrole nitrogens is 1. The predicted molar refractivity (Wildman–Crippen MR) is 80.6 cm³/mol. The summed E-state index contributed by atoms with van der Waals surface area (Å²) in [6.45, 7) is 1.96. The highest BCUT2D eigenvalue weighted by Crippen LogP contribution is 2.17. The van der Waals surface area contributed by atoms with Gasteiger partial charge in [-0.1, -0.05) is 17.7 Å². The van der Waals surface area contributed by atoms with E-state index in [1.807, 2.05) is 19.1 Å². The molecule has 0 unspecified atom stereocenters. The molecule has 1 amide bonds. The van der Waals surface area contributed by atoms with Gasteiger partial charge in [-0.3, -0.25) is 19.9 Å². The summed E-state index contributed by atoms with van der Waals surface area (Å²) in [6, 6.07) is 7.25. The van der Waals surface area contributed by atoms with Gasteiger partial charge in [0, 0.05) is 11.1 Å². The van der Waals surface area contributed by atoms with Crippen LogP contribution in [0.2, 0.25) is 0 Å². The normalized spacial score (nSPS) is 13.6. The zero-order chi connectivity index (χ0) is 14.8. The Bertz CT molecular complexity index is 732. The number of carbonyl (C=O) groups is 1. The molecule has 0 fully saturated rings. The van der Waals surface area contributed by atoms with Gasteiger partial charge in [0.05, 0.1) is 5.69 Å². The third kappa shape index (κ3) is 2.86. The Morgan fingerprint density at radius 2 is 1.90 bits per heavy atom. The molecule has 1 aliphatic rings. The maximum absolute atomic E-state index is 12.1. The minimum atomic E-state index is -0.270. The van der Waals surface area contributed by atoms with Crippen LogP contribution in [0.5, 0.6) is 0 Å². The molecule has 1 heterocycles. The van der Waals surface area contributed by atoms with Crippen LogP contribution in [0.1, 0.15) is 40.0 Å². The molecule has 21 heavy (non-hydrogen) atoms. The summed E-state index contributed by atoms with van der Waals surface area (Å²) >= 11 is 0. The summed E-state index contributed by atoms with van der Waals surface area (Å²) in [7, 11) is 0. The highest BCUT2D eigenvalue weighted by Gasteiger charge is 2.16. The fraction of sp³-hybridized carbons (Fsp3) is 0.312. The van der Waals surface area contributed by atoms with Gasteiger partial charge < -0.3 is 0 Å². The molecule has 0 saturated heterocycles. The van der Waals surface area contributed by atoms with Crippen LogP contribution in [0.25, 0.3) is 0 Å². The van der Waals surface area contributed by atoms with Crippen LogP contribution in [0, 0.1) is 6.92 Å². The van der Waals surface area contributed by atoms with Gasteiger partial charge >= 0.3 is 0 Å². The standard InChI is InChI=1S/C16H17N3O2/c1-10-6-8-11(9-7-10)14(20)18-16-17-13-5-3-2-4-12(13)15(21)19-16/h6-9H,2-5H2,1H3,(H2,17,18,19,20,21). The van der Waals surface area contributed by atoms with Crippen LogP contribution in [-0.4, -0.2) is 15.9 Å². The van der Waals surface area contributed by atoms with E-state index in [0.717, 1.165) is 42.5 Å². The maximum atomic E-state index is 12.1. The molecule has 3 rings (SSSR count). The van der Waals surface area contributed by atoms with Gasteiger partial charge in [0.2, 0.25) is 5.95 Å². The van der Waals surface area contributed by atoms with Crippen molar-refractivity contribution in [1.29, 1.82) is 0 Å². The number of aromatic amines is 1. The molecule has 108 valence electrons. The first-order valence-corrected chi connectivity index (χ1v) is 7.13. The number of amides is 1. The Kier molecular flexibility index (Phi) is 3.56. The number of fused-ring (bicyclic) bond motifs is 1. The molecule has 0 spiro atoms. The quantitative estimate of drug-likeness (QED) is 0.887. The van der Waals surface area contributed by atoms with Crippen LogP contribution in [-0.2, 0) is 12.8 Å². The number of rotatable bonds is 2. The van der Waals surface area contributed by atoms with Gasteiger partial charge in [0.25, 0.3) is 11.5 Å². The van der Waals surface area contributed by atoms with Gasteiger partial charge in [0.1, 0.15) is 0 Å². The Labute approximate surface area is 122 Å². The number of aryl methyl sites for hydroxylation is 2. The molecule has 1 aliphatic carbocycles. The fourth-order valence-corrected chi connectivity index (χ4v) is 2.55. The number of carbonyl (C=O) groups excluding carboxylic acids is 1. The Morgan fingerprint density at radius 1 is 1.19 bits per heavy atom. The van der Waals surface area contributed by atoms with Crippen molar-refractivity contribution in [3.05, 3.63) is 57.0 Å². The second-order valence-electron chi connectivity index (χ2n) is 5.37. The summed E-state index contributed by atoms with van der Waals surface area (Å²) < 4.78 is 0. The minimum Gasteiger partial charge on any atom is -0.292 e. The number of benzene rings is 1. The number of nitrogens with one attached hydrogen (secondary N) is 2. The maximum Gasteiger partial charge on any atom is 0.257 e.